The lowest BCUT2D eigenvalue weighted by atomic mass is 10.2. The molecule has 0 unspecified atom stereocenters. The van der Waals surface area contributed by atoms with Crippen LogP contribution in [-0.2, 0) is 13.6 Å². The van der Waals surface area contributed by atoms with Gasteiger partial charge in [0.15, 0.2) is 0 Å². The molecule has 1 aromatic carbocycles. The maximum atomic E-state index is 9.74. The van der Waals surface area contributed by atoms with Crippen LogP contribution in [-0.4, -0.2) is 14.9 Å². The fourth-order valence-corrected chi connectivity index (χ4v) is 2.10. The summed E-state index contributed by atoms with van der Waals surface area (Å²) >= 11 is 5.91. The third-order valence-electron chi connectivity index (χ3n) is 3.01. The second kappa shape index (κ2) is 4.90. The molecular formula is C13H16ClN3O. The van der Waals surface area contributed by atoms with Crippen LogP contribution in [0.4, 0.5) is 5.69 Å². The van der Waals surface area contributed by atoms with Crippen molar-refractivity contribution in [1.82, 2.24) is 9.78 Å². The van der Waals surface area contributed by atoms with Gasteiger partial charge in [-0.25, -0.2) is 0 Å². The van der Waals surface area contributed by atoms with Crippen molar-refractivity contribution in [3.8, 4) is 5.75 Å². The predicted molar refractivity (Wildman–Crippen MR) is 73.1 cm³/mol. The number of rotatable bonds is 3. The highest BCUT2D eigenvalue weighted by atomic mass is 35.5. The summed E-state index contributed by atoms with van der Waals surface area (Å²) in [4.78, 5) is 0. The number of nitrogens with one attached hydrogen (secondary N) is 1. The van der Waals surface area contributed by atoms with Crippen LogP contribution in [0, 0.1) is 13.8 Å². The minimum Gasteiger partial charge on any atom is -0.508 e. The number of benzene rings is 1. The van der Waals surface area contributed by atoms with Crippen molar-refractivity contribution in [2.45, 2.75) is 20.4 Å². The minimum atomic E-state index is 0.242. The molecular weight excluding hydrogens is 250 g/mol. The van der Waals surface area contributed by atoms with Gasteiger partial charge in [0.2, 0.25) is 0 Å². The summed E-state index contributed by atoms with van der Waals surface area (Å²) in [7, 11) is 1.91. The summed E-state index contributed by atoms with van der Waals surface area (Å²) in [5.41, 5.74) is 3.77. The maximum Gasteiger partial charge on any atom is 0.120 e. The molecule has 18 heavy (non-hydrogen) atoms. The first-order valence-electron chi connectivity index (χ1n) is 5.70. The molecule has 4 nitrogen and oxygen atoms in total. The molecule has 0 radical (unpaired) electrons. The van der Waals surface area contributed by atoms with Gasteiger partial charge in [0, 0.05) is 24.2 Å². The van der Waals surface area contributed by atoms with E-state index >= 15 is 0 Å². The molecule has 0 spiro atoms. The molecule has 1 aromatic heterocycles. The van der Waals surface area contributed by atoms with E-state index < -0.39 is 0 Å². The first kappa shape index (κ1) is 12.8. The van der Waals surface area contributed by atoms with E-state index in [4.69, 9.17) is 11.6 Å². The summed E-state index contributed by atoms with van der Waals surface area (Å²) < 4.78 is 1.83. The van der Waals surface area contributed by atoms with Crippen LogP contribution in [0.25, 0.3) is 0 Å². The zero-order chi connectivity index (χ0) is 13.3. The van der Waals surface area contributed by atoms with Gasteiger partial charge in [0.25, 0.3) is 0 Å². The molecule has 0 fully saturated rings. The smallest absolute Gasteiger partial charge is 0.120 e. The number of hydrogen-bond acceptors (Lipinski definition) is 3. The molecule has 0 aliphatic heterocycles. The van der Waals surface area contributed by atoms with Crippen LogP contribution in [0.3, 0.4) is 0 Å². The highest BCUT2D eigenvalue weighted by Gasteiger charge is 2.09. The molecule has 0 atom stereocenters. The van der Waals surface area contributed by atoms with E-state index in [0.717, 1.165) is 22.6 Å². The Hall–Kier alpha value is -1.68. The van der Waals surface area contributed by atoms with Crippen molar-refractivity contribution in [2.24, 2.45) is 7.05 Å². The Labute approximate surface area is 111 Å². The highest BCUT2D eigenvalue weighted by molar-refractivity contribution is 6.30. The van der Waals surface area contributed by atoms with Crippen LogP contribution in [0.2, 0.25) is 5.02 Å². The number of anilines is 1. The van der Waals surface area contributed by atoms with Crippen LogP contribution >= 0.6 is 11.6 Å². The highest BCUT2D eigenvalue weighted by Crippen LogP contribution is 2.24. The third kappa shape index (κ3) is 2.43. The van der Waals surface area contributed by atoms with E-state index in [2.05, 4.69) is 10.4 Å². The molecule has 0 saturated heterocycles. The second-order valence-electron chi connectivity index (χ2n) is 4.30. The van der Waals surface area contributed by atoms with Crippen LogP contribution in [0.5, 0.6) is 5.75 Å². The second-order valence-corrected chi connectivity index (χ2v) is 4.73. The Bertz CT molecular complexity index is 578. The SMILES string of the molecule is Cc1nn(C)c(C)c1NCc1cc(Cl)ccc1O. The van der Waals surface area contributed by atoms with Gasteiger partial charge in [-0.15, -0.1) is 0 Å². The largest absolute Gasteiger partial charge is 0.508 e. The fraction of sp³-hybridized carbons (Fsp3) is 0.308. The standard InChI is InChI=1S/C13H16ClN3O/c1-8-13(9(2)17(3)16-8)15-7-10-6-11(14)4-5-12(10)18/h4-6,15,18H,7H2,1-3H3. The summed E-state index contributed by atoms with van der Waals surface area (Å²) in [6, 6.07) is 5.02. The number of aromatic hydroxyl groups is 1. The van der Waals surface area contributed by atoms with Gasteiger partial charge in [-0.1, -0.05) is 11.6 Å². The first-order valence-corrected chi connectivity index (χ1v) is 6.08. The summed E-state index contributed by atoms with van der Waals surface area (Å²) in [6.45, 7) is 4.47. The molecule has 2 N–H and O–H groups in total. The molecule has 1 heterocycles. The van der Waals surface area contributed by atoms with E-state index in [-0.39, 0.29) is 5.75 Å². The van der Waals surface area contributed by atoms with E-state index in [1.165, 1.54) is 0 Å². The number of aromatic nitrogens is 2. The molecule has 2 aromatic rings. The molecule has 96 valence electrons. The van der Waals surface area contributed by atoms with Crippen LogP contribution in [0.15, 0.2) is 18.2 Å². The van der Waals surface area contributed by atoms with Gasteiger partial charge in [0.1, 0.15) is 5.75 Å². The van der Waals surface area contributed by atoms with E-state index in [0.29, 0.717) is 11.6 Å². The molecule has 0 aliphatic carbocycles. The van der Waals surface area contributed by atoms with Crippen molar-refractivity contribution < 1.29 is 5.11 Å². The molecule has 0 bridgehead atoms. The van der Waals surface area contributed by atoms with Gasteiger partial charge in [0.05, 0.1) is 17.1 Å². The molecule has 0 saturated carbocycles. The Morgan fingerprint density at radius 3 is 2.72 bits per heavy atom. The number of phenolic OH excluding ortho intramolecular Hbond substituents is 1. The zero-order valence-electron chi connectivity index (χ0n) is 10.7. The monoisotopic (exact) mass is 265 g/mol. The van der Waals surface area contributed by atoms with Crippen molar-refractivity contribution in [3.05, 3.63) is 40.2 Å². The Morgan fingerprint density at radius 2 is 2.11 bits per heavy atom. The Balaban J connectivity index is 2.19. The van der Waals surface area contributed by atoms with E-state index in [1.807, 2.05) is 25.6 Å². The van der Waals surface area contributed by atoms with Gasteiger partial charge >= 0.3 is 0 Å². The third-order valence-corrected chi connectivity index (χ3v) is 3.24. The summed E-state index contributed by atoms with van der Waals surface area (Å²) in [5, 5.41) is 18.0. The predicted octanol–water partition coefficient (Wildman–Crippen LogP) is 3.01. The van der Waals surface area contributed by atoms with Gasteiger partial charge in [-0.3, -0.25) is 4.68 Å². The van der Waals surface area contributed by atoms with E-state index in [9.17, 15) is 5.11 Å². The van der Waals surface area contributed by atoms with Crippen LogP contribution < -0.4 is 5.32 Å². The Morgan fingerprint density at radius 1 is 1.39 bits per heavy atom. The number of aryl methyl sites for hydroxylation is 2. The summed E-state index contributed by atoms with van der Waals surface area (Å²) in [5.74, 6) is 0.242. The van der Waals surface area contributed by atoms with Crippen molar-refractivity contribution >= 4 is 17.3 Å². The molecule has 2 rings (SSSR count). The van der Waals surface area contributed by atoms with Gasteiger partial charge < -0.3 is 10.4 Å². The topological polar surface area (TPSA) is 50.1 Å². The van der Waals surface area contributed by atoms with Crippen molar-refractivity contribution in [3.63, 3.8) is 0 Å². The molecule has 0 amide bonds. The lowest BCUT2D eigenvalue weighted by molar-refractivity contribution is 0.469. The average Bonchev–Trinajstić information content (AvgIpc) is 2.55. The number of phenols is 1. The average molecular weight is 266 g/mol. The minimum absolute atomic E-state index is 0.242. The van der Waals surface area contributed by atoms with Crippen molar-refractivity contribution in [1.29, 1.82) is 0 Å². The lowest BCUT2D eigenvalue weighted by Crippen LogP contribution is -2.02. The molecule has 5 heteroatoms. The van der Waals surface area contributed by atoms with Gasteiger partial charge in [-0.05, 0) is 32.0 Å². The fourth-order valence-electron chi connectivity index (χ4n) is 1.91. The number of halogens is 1. The lowest BCUT2D eigenvalue weighted by Gasteiger charge is -2.09. The van der Waals surface area contributed by atoms with E-state index in [1.54, 1.807) is 18.2 Å². The number of hydrogen-bond donors (Lipinski definition) is 2. The maximum absolute atomic E-state index is 9.74. The quantitative estimate of drug-likeness (QED) is 0.897. The van der Waals surface area contributed by atoms with Gasteiger partial charge in [-0.2, -0.15) is 5.10 Å². The molecule has 0 aliphatic rings. The number of nitrogens with zero attached hydrogens (tertiary/aromatic N) is 2. The summed E-state index contributed by atoms with van der Waals surface area (Å²) in [6.07, 6.45) is 0. The van der Waals surface area contributed by atoms with Crippen molar-refractivity contribution in [2.75, 3.05) is 5.32 Å². The van der Waals surface area contributed by atoms with Crippen LogP contribution in [0.1, 0.15) is 17.0 Å². The zero-order valence-corrected chi connectivity index (χ0v) is 11.4. The normalized spacial score (nSPS) is 10.7. The Kier molecular flexibility index (Phi) is 3.48. The first-order chi connectivity index (χ1) is 8.49.